The SMILES string of the molecule is CC(=O)c1ccc(OCCCC(=O)Nc2ccccc2C(=O)NCCN)cc1.Cl. The number of amides is 2. The number of para-hydroxylation sites is 1. The molecule has 0 fully saturated rings. The molecule has 0 bridgehead atoms. The lowest BCUT2D eigenvalue weighted by Crippen LogP contribution is -2.30. The van der Waals surface area contributed by atoms with Crippen LogP contribution in [0.2, 0.25) is 0 Å². The van der Waals surface area contributed by atoms with E-state index in [9.17, 15) is 14.4 Å². The fourth-order valence-corrected chi connectivity index (χ4v) is 2.49. The highest BCUT2D eigenvalue weighted by molar-refractivity contribution is 6.03. The van der Waals surface area contributed by atoms with Gasteiger partial charge in [-0.05, 0) is 49.7 Å². The Morgan fingerprint density at radius 1 is 1.03 bits per heavy atom. The first kappa shape index (κ1) is 24.1. The molecule has 29 heavy (non-hydrogen) atoms. The molecule has 2 rings (SSSR count). The smallest absolute Gasteiger partial charge is 0.253 e. The van der Waals surface area contributed by atoms with E-state index in [-0.39, 0.29) is 36.4 Å². The van der Waals surface area contributed by atoms with Crippen LogP contribution in [0.1, 0.15) is 40.5 Å². The molecule has 156 valence electrons. The fourth-order valence-electron chi connectivity index (χ4n) is 2.49. The zero-order chi connectivity index (χ0) is 20.4. The molecule has 0 unspecified atom stereocenters. The van der Waals surface area contributed by atoms with E-state index in [0.717, 1.165) is 0 Å². The van der Waals surface area contributed by atoms with E-state index >= 15 is 0 Å². The summed E-state index contributed by atoms with van der Waals surface area (Å²) >= 11 is 0. The second kappa shape index (κ2) is 12.5. The van der Waals surface area contributed by atoms with E-state index in [4.69, 9.17) is 10.5 Å². The van der Waals surface area contributed by atoms with Crippen molar-refractivity contribution in [3.63, 3.8) is 0 Å². The Morgan fingerprint density at radius 3 is 2.38 bits per heavy atom. The van der Waals surface area contributed by atoms with Gasteiger partial charge in [-0.15, -0.1) is 12.4 Å². The van der Waals surface area contributed by atoms with Crippen LogP contribution in [0.25, 0.3) is 0 Å². The van der Waals surface area contributed by atoms with Crippen molar-refractivity contribution in [1.29, 1.82) is 0 Å². The molecule has 2 amide bonds. The lowest BCUT2D eigenvalue weighted by Gasteiger charge is -2.11. The standard InChI is InChI=1S/C21H25N3O4.ClH/c1-15(25)16-8-10-17(11-9-16)28-14-4-7-20(26)24-19-6-3-2-5-18(19)21(27)23-13-12-22;/h2-3,5-6,8-11H,4,7,12-14,22H2,1H3,(H,23,27)(H,24,26);1H. The molecule has 0 aromatic heterocycles. The number of Topliss-reactive ketones (excluding diaryl/α,β-unsaturated/α-hetero) is 1. The molecule has 4 N–H and O–H groups in total. The van der Waals surface area contributed by atoms with Crippen molar-refractivity contribution in [2.24, 2.45) is 5.73 Å². The van der Waals surface area contributed by atoms with Gasteiger partial charge in [0.25, 0.3) is 5.91 Å². The summed E-state index contributed by atoms with van der Waals surface area (Å²) in [6.07, 6.45) is 0.770. The van der Waals surface area contributed by atoms with Gasteiger partial charge in [0.2, 0.25) is 5.91 Å². The van der Waals surface area contributed by atoms with Gasteiger partial charge in [0.15, 0.2) is 5.78 Å². The molecule has 0 aliphatic carbocycles. The summed E-state index contributed by atoms with van der Waals surface area (Å²) in [5, 5.41) is 5.45. The van der Waals surface area contributed by atoms with Crippen LogP contribution in [-0.2, 0) is 4.79 Å². The lowest BCUT2D eigenvalue weighted by molar-refractivity contribution is -0.116. The highest BCUT2D eigenvalue weighted by atomic mass is 35.5. The molecular formula is C21H26ClN3O4. The summed E-state index contributed by atoms with van der Waals surface area (Å²) in [6, 6.07) is 13.7. The molecule has 0 radical (unpaired) electrons. The van der Waals surface area contributed by atoms with Crippen molar-refractivity contribution < 1.29 is 19.1 Å². The molecule has 0 aliphatic heterocycles. The highest BCUT2D eigenvalue weighted by Crippen LogP contribution is 2.16. The average molecular weight is 420 g/mol. The minimum Gasteiger partial charge on any atom is -0.494 e. The maximum atomic E-state index is 12.2. The number of rotatable bonds is 10. The van der Waals surface area contributed by atoms with E-state index in [1.165, 1.54) is 6.92 Å². The number of hydrogen-bond donors (Lipinski definition) is 3. The van der Waals surface area contributed by atoms with Crippen LogP contribution in [-0.4, -0.2) is 37.3 Å². The third-order valence-corrected chi connectivity index (χ3v) is 3.95. The zero-order valence-corrected chi connectivity index (χ0v) is 17.1. The normalized spacial score (nSPS) is 9.86. The van der Waals surface area contributed by atoms with Gasteiger partial charge in [-0.2, -0.15) is 0 Å². The quantitative estimate of drug-likeness (QED) is 0.405. The first-order valence-corrected chi connectivity index (χ1v) is 9.12. The van der Waals surface area contributed by atoms with Crippen LogP contribution >= 0.6 is 12.4 Å². The number of carbonyl (C=O) groups excluding carboxylic acids is 3. The maximum Gasteiger partial charge on any atom is 0.253 e. The van der Waals surface area contributed by atoms with Crippen molar-refractivity contribution in [2.75, 3.05) is 25.0 Å². The van der Waals surface area contributed by atoms with Crippen LogP contribution in [0.5, 0.6) is 5.75 Å². The van der Waals surface area contributed by atoms with E-state index in [2.05, 4.69) is 10.6 Å². The molecule has 0 saturated carbocycles. The Balaban J connectivity index is 0.00000420. The summed E-state index contributed by atoms with van der Waals surface area (Å²) in [5.74, 6) is 0.167. The molecule has 7 nitrogen and oxygen atoms in total. The third kappa shape index (κ3) is 7.93. The van der Waals surface area contributed by atoms with Crippen LogP contribution in [0.15, 0.2) is 48.5 Å². The molecule has 0 saturated heterocycles. The van der Waals surface area contributed by atoms with E-state index in [0.29, 0.717) is 48.7 Å². The van der Waals surface area contributed by atoms with Crippen molar-refractivity contribution in [3.05, 3.63) is 59.7 Å². The van der Waals surface area contributed by atoms with Gasteiger partial charge in [-0.1, -0.05) is 12.1 Å². The summed E-state index contributed by atoms with van der Waals surface area (Å²) in [7, 11) is 0. The van der Waals surface area contributed by atoms with Crippen LogP contribution < -0.4 is 21.1 Å². The molecular weight excluding hydrogens is 394 g/mol. The number of halogens is 1. The van der Waals surface area contributed by atoms with Crippen LogP contribution in [0.3, 0.4) is 0 Å². The van der Waals surface area contributed by atoms with E-state index < -0.39 is 0 Å². The highest BCUT2D eigenvalue weighted by Gasteiger charge is 2.12. The van der Waals surface area contributed by atoms with E-state index in [1.54, 1.807) is 48.5 Å². The van der Waals surface area contributed by atoms with Crippen LogP contribution in [0, 0.1) is 0 Å². The molecule has 2 aromatic rings. The van der Waals surface area contributed by atoms with Gasteiger partial charge in [-0.3, -0.25) is 14.4 Å². The average Bonchev–Trinajstić information content (AvgIpc) is 2.70. The number of anilines is 1. The Labute approximate surface area is 176 Å². The summed E-state index contributed by atoms with van der Waals surface area (Å²) < 4.78 is 5.58. The number of nitrogens with one attached hydrogen (secondary N) is 2. The zero-order valence-electron chi connectivity index (χ0n) is 16.3. The van der Waals surface area contributed by atoms with Gasteiger partial charge >= 0.3 is 0 Å². The van der Waals surface area contributed by atoms with Crippen molar-refractivity contribution in [1.82, 2.24) is 5.32 Å². The number of hydrogen-bond acceptors (Lipinski definition) is 5. The van der Waals surface area contributed by atoms with Gasteiger partial charge < -0.3 is 21.1 Å². The second-order valence-corrected chi connectivity index (χ2v) is 6.17. The largest absolute Gasteiger partial charge is 0.494 e. The molecule has 0 spiro atoms. The summed E-state index contributed by atoms with van der Waals surface area (Å²) in [5.41, 5.74) is 6.87. The topological polar surface area (TPSA) is 111 Å². The van der Waals surface area contributed by atoms with Crippen molar-refractivity contribution in [3.8, 4) is 5.75 Å². The lowest BCUT2D eigenvalue weighted by atomic mass is 10.1. The number of ketones is 1. The van der Waals surface area contributed by atoms with Gasteiger partial charge in [0, 0.05) is 25.1 Å². The first-order chi connectivity index (χ1) is 13.5. The minimum atomic E-state index is -0.279. The Bertz CT molecular complexity index is 825. The van der Waals surface area contributed by atoms with Gasteiger partial charge in [-0.25, -0.2) is 0 Å². The second-order valence-electron chi connectivity index (χ2n) is 6.17. The minimum absolute atomic E-state index is 0. The van der Waals surface area contributed by atoms with Crippen molar-refractivity contribution >= 4 is 35.7 Å². The predicted octanol–water partition coefficient (Wildman–Crippen LogP) is 2.80. The van der Waals surface area contributed by atoms with Gasteiger partial charge in [0.1, 0.15) is 5.75 Å². The first-order valence-electron chi connectivity index (χ1n) is 9.12. The number of benzene rings is 2. The van der Waals surface area contributed by atoms with Gasteiger partial charge in [0.05, 0.1) is 17.9 Å². The number of carbonyl (C=O) groups is 3. The molecule has 8 heteroatoms. The van der Waals surface area contributed by atoms with Crippen LogP contribution in [0.4, 0.5) is 5.69 Å². The Kier molecular flexibility index (Phi) is 10.4. The predicted molar refractivity (Wildman–Crippen MR) is 115 cm³/mol. The third-order valence-electron chi connectivity index (χ3n) is 3.95. The monoisotopic (exact) mass is 419 g/mol. The number of nitrogens with two attached hydrogens (primary N) is 1. The molecule has 0 atom stereocenters. The van der Waals surface area contributed by atoms with Crippen molar-refractivity contribution in [2.45, 2.75) is 19.8 Å². The van der Waals surface area contributed by atoms with E-state index in [1.807, 2.05) is 0 Å². The fraction of sp³-hybridized carbons (Fsp3) is 0.286. The Hall–Kier alpha value is -2.90. The maximum absolute atomic E-state index is 12.2. The molecule has 0 heterocycles. The Morgan fingerprint density at radius 2 is 1.72 bits per heavy atom. The molecule has 2 aromatic carbocycles. The molecule has 0 aliphatic rings. The number of ether oxygens (including phenoxy) is 1. The summed E-state index contributed by atoms with van der Waals surface area (Å²) in [6.45, 7) is 2.59. The summed E-state index contributed by atoms with van der Waals surface area (Å²) in [4.78, 5) is 35.6.